The molecular formula is C22H23NO4. The molecule has 0 aliphatic carbocycles. The van der Waals surface area contributed by atoms with Crippen molar-refractivity contribution in [2.75, 3.05) is 6.61 Å². The summed E-state index contributed by atoms with van der Waals surface area (Å²) >= 11 is 0. The van der Waals surface area contributed by atoms with Gasteiger partial charge in [0.2, 0.25) is 5.89 Å². The van der Waals surface area contributed by atoms with Crippen molar-refractivity contribution < 1.29 is 19.1 Å². The first-order valence-corrected chi connectivity index (χ1v) is 9.20. The number of rotatable bonds is 9. The second kappa shape index (κ2) is 9.03. The summed E-state index contributed by atoms with van der Waals surface area (Å²) in [4.78, 5) is 15.4. The Bertz CT molecular complexity index is 866. The van der Waals surface area contributed by atoms with Gasteiger partial charge in [-0.05, 0) is 55.0 Å². The standard InChI is InChI=1S/C22H23NO4/c1-2-3-4-5-14-26-19-12-10-16(11-13-19)20-15-27-21(23-20)17-6-8-18(9-7-17)22(24)25/h6-13,15H,2-5,14H2,1H3,(H,24,25). The van der Waals surface area contributed by atoms with Crippen molar-refractivity contribution >= 4 is 5.97 Å². The number of unbranched alkanes of at least 4 members (excludes halogenated alkanes) is 3. The van der Waals surface area contributed by atoms with E-state index in [-0.39, 0.29) is 5.56 Å². The summed E-state index contributed by atoms with van der Waals surface area (Å²) in [6.45, 7) is 2.93. The molecule has 27 heavy (non-hydrogen) atoms. The molecule has 140 valence electrons. The largest absolute Gasteiger partial charge is 0.494 e. The Labute approximate surface area is 158 Å². The van der Waals surface area contributed by atoms with E-state index in [0.717, 1.165) is 35.6 Å². The van der Waals surface area contributed by atoms with Gasteiger partial charge in [0.15, 0.2) is 0 Å². The maximum Gasteiger partial charge on any atom is 0.335 e. The van der Waals surface area contributed by atoms with Crippen LogP contribution in [-0.4, -0.2) is 22.7 Å². The first-order chi connectivity index (χ1) is 13.2. The van der Waals surface area contributed by atoms with Gasteiger partial charge >= 0.3 is 5.97 Å². The average Bonchev–Trinajstić information content (AvgIpc) is 3.18. The summed E-state index contributed by atoms with van der Waals surface area (Å²) in [5.74, 6) is 0.351. The average molecular weight is 365 g/mol. The quantitative estimate of drug-likeness (QED) is 0.495. The van der Waals surface area contributed by atoms with Crippen LogP contribution < -0.4 is 4.74 Å². The molecule has 0 amide bonds. The molecule has 0 atom stereocenters. The maximum atomic E-state index is 10.9. The van der Waals surface area contributed by atoms with Gasteiger partial charge < -0.3 is 14.3 Å². The van der Waals surface area contributed by atoms with Crippen LogP contribution in [0.3, 0.4) is 0 Å². The van der Waals surface area contributed by atoms with E-state index in [2.05, 4.69) is 11.9 Å². The predicted octanol–water partition coefficient (Wildman–Crippen LogP) is 5.67. The van der Waals surface area contributed by atoms with Gasteiger partial charge in [-0.2, -0.15) is 0 Å². The normalized spacial score (nSPS) is 10.7. The minimum absolute atomic E-state index is 0.232. The number of aromatic carboxylic acids is 1. The topological polar surface area (TPSA) is 72.6 Å². The first-order valence-electron chi connectivity index (χ1n) is 9.20. The second-order valence-corrected chi connectivity index (χ2v) is 6.35. The van der Waals surface area contributed by atoms with E-state index in [1.807, 2.05) is 24.3 Å². The molecule has 0 fully saturated rings. The third kappa shape index (κ3) is 4.97. The Morgan fingerprint density at radius 3 is 2.37 bits per heavy atom. The number of hydrogen-bond donors (Lipinski definition) is 1. The van der Waals surface area contributed by atoms with Crippen LogP contribution in [0.25, 0.3) is 22.7 Å². The van der Waals surface area contributed by atoms with Crippen molar-refractivity contribution in [1.82, 2.24) is 4.98 Å². The molecule has 1 N–H and O–H groups in total. The van der Waals surface area contributed by atoms with E-state index in [1.54, 1.807) is 18.4 Å². The van der Waals surface area contributed by atoms with E-state index in [9.17, 15) is 4.79 Å². The highest BCUT2D eigenvalue weighted by atomic mass is 16.5. The number of oxazole rings is 1. The minimum Gasteiger partial charge on any atom is -0.494 e. The van der Waals surface area contributed by atoms with E-state index in [1.165, 1.54) is 31.4 Å². The molecule has 1 aromatic heterocycles. The fraction of sp³-hybridized carbons (Fsp3) is 0.273. The fourth-order valence-electron chi connectivity index (χ4n) is 2.74. The van der Waals surface area contributed by atoms with E-state index >= 15 is 0 Å². The summed E-state index contributed by atoms with van der Waals surface area (Å²) in [6, 6.07) is 14.2. The molecule has 0 saturated carbocycles. The molecule has 0 bridgehead atoms. The SMILES string of the molecule is CCCCCCOc1ccc(-c2coc(-c3ccc(C(=O)O)cc3)n2)cc1. The zero-order valence-electron chi connectivity index (χ0n) is 15.4. The van der Waals surface area contributed by atoms with Crippen molar-refractivity contribution in [2.24, 2.45) is 0 Å². The molecule has 5 nitrogen and oxygen atoms in total. The lowest BCUT2D eigenvalue weighted by atomic mass is 10.1. The number of carboxylic acid groups (broad SMARTS) is 1. The van der Waals surface area contributed by atoms with Crippen LogP contribution in [0.15, 0.2) is 59.2 Å². The summed E-state index contributed by atoms with van der Waals surface area (Å²) in [5.41, 5.74) is 2.63. The molecule has 0 radical (unpaired) electrons. The van der Waals surface area contributed by atoms with Gasteiger partial charge in [-0.3, -0.25) is 0 Å². The van der Waals surface area contributed by atoms with Crippen molar-refractivity contribution in [3.05, 3.63) is 60.4 Å². The third-order valence-electron chi connectivity index (χ3n) is 4.30. The molecule has 0 saturated heterocycles. The van der Waals surface area contributed by atoms with Gasteiger partial charge in [-0.1, -0.05) is 26.2 Å². The molecule has 3 aromatic rings. The van der Waals surface area contributed by atoms with Gasteiger partial charge in [-0.25, -0.2) is 9.78 Å². The zero-order valence-corrected chi connectivity index (χ0v) is 15.4. The van der Waals surface area contributed by atoms with E-state index < -0.39 is 5.97 Å². The van der Waals surface area contributed by atoms with Crippen LogP contribution >= 0.6 is 0 Å². The predicted molar refractivity (Wildman–Crippen MR) is 104 cm³/mol. The van der Waals surface area contributed by atoms with Crippen LogP contribution in [0.4, 0.5) is 0 Å². The maximum absolute atomic E-state index is 10.9. The summed E-state index contributed by atoms with van der Waals surface area (Å²) < 4.78 is 11.3. The lowest BCUT2D eigenvalue weighted by molar-refractivity contribution is 0.0697. The van der Waals surface area contributed by atoms with Gasteiger partial charge in [0.25, 0.3) is 0 Å². The highest BCUT2D eigenvalue weighted by Gasteiger charge is 2.10. The van der Waals surface area contributed by atoms with Crippen molar-refractivity contribution in [2.45, 2.75) is 32.6 Å². The van der Waals surface area contributed by atoms with Gasteiger partial charge in [0.1, 0.15) is 17.7 Å². The Hall–Kier alpha value is -3.08. The van der Waals surface area contributed by atoms with E-state index in [0.29, 0.717) is 5.89 Å². The second-order valence-electron chi connectivity index (χ2n) is 6.35. The smallest absolute Gasteiger partial charge is 0.335 e. The Morgan fingerprint density at radius 2 is 1.70 bits per heavy atom. The van der Waals surface area contributed by atoms with Crippen molar-refractivity contribution in [3.63, 3.8) is 0 Å². The molecule has 5 heteroatoms. The zero-order chi connectivity index (χ0) is 19.1. The molecule has 3 rings (SSSR count). The highest BCUT2D eigenvalue weighted by molar-refractivity contribution is 5.88. The molecule has 0 aliphatic heterocycles. The van der Waals surface area contributed by atoms with Gasteiger partial charge in [0.05, 0.1) is 12.2 Å². The Morgan fingerprint density at radius 1 is 1.00 bits per heavy atom. The first kappa shape index (κ1) is 18.7. The number of hydrogen-bond acceptors (Lipinski definition) is 4. The Balaban J connectivity index is 1.63. The van der Waals surface area contributed by atoms with Crippen LogP contribution in [0.1, 0.15) is 43.0 Å². The third-order valence-corrected chi connectivity index (χ3v) is 4.30. The summed E-state index contributed by atoms with van der Waals surface area (Å²) in [7, 11) is 0. The van der Waals surface area contributed by atoms with E-state index in [4.69, 9.17) is 14.3 Å². The summed E-state index contributed by atoms with van der Waals surface area (Å²) in [6.07, 6.45) is 6.33. The van der Waals surface area contributed by atoms with Crippen LogP contribution in [0.2, 0.25) is 0 Å². The molecule has 2 aromatic carbocycles. The molecule has 1 heterocycles. The van der Waals surface area contributed by atoms with Crippen molar-refractivity contribution in [1.29, 1.82) is 0 Å². The molecule has 0 unspecified atom stereocenters. The molecule has 0 aliphatic rings. The number of benzene rings is 2. The number of carboxylic acids is 1. The van der Waals surface area contributed by atoms with Crippen molar-refractivity contribution in [3.8, 4) is 28.5 Å². The lowest BCUT2D eigenvalue weighted by Gasteiger charge is -2.06. The fourth-order valence-corrected chi connectivity index (χ4v) is 2.74. The molecule has 0 spiro atoms. The highest BCUT2D eigenvalue weighted by Crippen LogP contribution is 2.26. The minimum atomic E-state index is -0.956. The van der Waals surface area contributed by atoms with Gasteiger partial charge in [0, 0.05) is 11.1 Å². The Kier molecular flexibility index (Phi) is 6.26. The number of nitrogens with zero attached hydrogens (tertiary/aromatic N) is 1. The lowest BCUT2D eigenvalue weighted by Crippen LogP contribution is -1.96. The monoisotopic (exact) mass is 365 g/mol. The number of aromatic nitrogens is 1. The van der Waals surface area contributed by atoms with Crippen LogP contribution in [0.5, 0.6) is 5.75 Å². The number of ether oxygens (including phenoxy) is 1. The summed E-state index contributed by atoms with van der Waals surface area (Å²) in [5, 5.41) is 8.96. The number of carbonyl (C=O) groups is 1. The van der Waals surface area contributed by atoms with Gasteiger partial charge in [-0.15, -0.1) is 0 Å². The van der Waals surface area contributed by atoms with Crippen LogP contribution in [0, 0.1) is 0 Å². The molecular weight excluding hydrogens is 342 g/mol. The van der Waals surface area contributed by atoms with Crippen LogP contribution in [-0.2, 0) is 0 Å².